The number of hydrogen-bond donors (Lipinski definition) is 2. The molecule has 0 unspecified atom stereocenters. The number of aromatic nitrogens is 2. The van der Waals surface area contributed by atoms with Crippen molar-refractivity contribution in [1.82, 2.24) is 4.98 Å². The maximum atomic E-state index is 10.7. The van der Waals surface area contributed by atoms with Crippen molar-refractivity contribution in [2.45, 2.75) is 58.9 Å². The van der Waals surface area contributed by atoms with Crippen LogP contribution in [0.1, 0.15) is 58.2 Å². The highest BCUT2D eigenvalue weighted by atomic mass is 35.5. The number of hydrogen-bond acceptors (Lipinski definition) is 1. The van der Waals surface area contributed by atoms with Crippen LogP contribution in [0, 0.1) is 0 Å². The molecule has 3 nitrogen and oxygen atoms in total. The average molecular weight is 323 g/mol. The lowest BCUT2D eigenvalue weighted by Gasteiger charge is -2.27. The molecule has 0 radical (unpaired) electrons. The van der Waals surface area contributed by atoms with E-state index in [-0.39, 0.29) is 23.2 Å². The summed E-state index contributed by atoms with van der Waals surface area (Å²) in [7, 11) is 0. The molecule has 0 atom stereocenters. The lowest BCUT2D eigenvalue weighted by Crippen LogP contribution is -3.00. The van der Waals surface area contributed by atoms with Gasteiger partial charge in [0.15, 0.2) is 0 Å². The van der Waals surface area contributed by atoms with Crippen molar-refractivity contribution in [3.8, 4) is 5.75 Å². The fourth-order valence-corrected chi connectivity index (χ4v) is 2.44. The minimum atomic E-state index is -0.0805. The highest BCUT2D eigenvalue weighted by molar-refractivity contribution is 5.48. The number of aromatic amines is 1. The Hall–Kier alpha value is -1.48. The summed E-state index contributed by atoms with van der Waals surface area (Å²) in [5.74, 6) is 0.421. The zero-order valence-electron chi connectivity index (χ0n) is 14.4. The first kappa shape index (κ1) is 18.6. The van der Waals surface area contributed by atoms with E-state index in [1.165, 1.54) is 5.56 Å². The first-order valence-corrected chi connectivity index (χ1v) is 7.48. The van der Waals surface area contributed by atoms with Crippen molar-refractivity contribution in [3.63, 3.8) is 0 Å². The molecule has 0 bridgehead atoms. The first-order chi connectivity index (χ1) is 9.59. The molecular formula is C18H27ClN2O. The van der Waals surface area contributed by atoms with Gasteiger partial charge in [-0.1, -0.05) is 47.6 Å². The van der Waals surface area contributed by atoms with Gasteiger partial charge in [-0.15, -0.1) is 0 Å². The number of nitrogens with one attached hydrogen (secondary N) is 1. The summed E-state index contributed by atoms with van der Waals surface area (Å²) in [5.41, 5.74) is 3.23. The van der Waals surface area contributed by atoms with Crippen LogP contribution < -0.4 is 17.0 Å². The van der Waals surface area contributed by atoms with Crippen molar-refractivity contribution in [1.29, 1.82) is 0 Å². The molecule has 1 aromatic heterocycles. The highest BCUT2D eigenvalue weighted by Crippen LogP contribution is 2.37. The van der Waals surface area contributed by atoms with Gasteiger partial charge in [-0.25, -0.2) is 4.57 Å². The summed E-state index contributed by atoms with van der Waals surface area (Å²) in [5, 5.41) is 10.7. The van der Waals surface area contributed by atoms with Crippen LogP contribution >= 0.6 is 0 Å². The normalized spacial score (nSPS) is 12.1. The number of benzene rings is 1. The van der Waals surface area contributed by atoms with E-state index in [9.17, 15) is 5.11 Å². The predicted molar refractivity (Wildman–Crippen MR) is 85.6 cm³/mol. The molecule has 122 valence electrons. The summed E-state index contributed by atoms with van der Waals surface area (Å²) >= 11 is 0. The van der Waals surface area contributed by atoms with Gasteiger partial charge in [-0.3, -0.25) is 4.98 Å². The molecule has 0 aliphatic rings. The second-order valence-electron chi connectivity index (χ2n) is 7.82. The van der Waals surface area contributed by atoms with Crippen LogP contribution in [0.5, 0.6) is 5.75 Å². The lowest BCUT2D eigenvalue weighted by molar-refractivity contribution is -0.687. The third-order valence-electron chi connectivity index (χ3n) is 3.82. The van der Waals surface area contributed by atoms with Gasteiger partial charge in [0.2, 0.25) is 6.33 Å². The first-order valence-electron chi connectivity index (χ1n) is 7.48. The van der Waals surface area contributed by atoms with E-state index in [0.717, 1.165) is 11.1 Å². The van der Waals surface area contributed by atoms with Gasteiger partial charge < -0.3 is 17.5 Å². The molecule has 0 aliphatic heterocycles. The largest absolute Gasteiger partial charge is 1.00 e. The van der Waals surface area contributed by atoms with Gasteiger partial charge in [0.25, 0.3) is 0 Å². The van der Waals surface area contributed by atoms with Gasteiger partial charge in [0, 0.05) is 5.56 Å². The zero-order chi connectivity index (χ0) is 15.8. The third kappa shape index (κ3) is 4.04. The van der Waals surface area contributed by atoms with Crippen LogP contribution in [0.4, 0.5) is 0 Å². The molecule has 0 amide bonds. The Morgan fingerprint density at radius 3 is 2.14 bits per heavy atom. The molecule has 0 saturated carbocycles. The fourth-order valence-electron chi connectivity index (χ4n) is 2.44. The third-order valence-corrected chi connectivity index (χ3v) is 3.82. The Morgan fingerprint density at radius 2 is 1.68 bits per heavy atom. The van der Waals surface area contributed by atoms with Crippen LogP contribution in [0.15, 0.2) is 30.9 Å². The van der Waals surface area contributed by atoms with E-state index in [2.05, 4.69) is 58.7 Å². The maximum absolute atomic E-state index is 10.7. The number of nitrogens with zero attached hydrogens (tertiary/aromatic N) is 1. The van der Waals surface area contributed by atoms with Gasteiger partial charge in [0.05, 0.1) is 0 Å². The van der Waals surface area contributed by atoms with Crippen molar-refractivity contribution in [3.05, 3.63) is 47.5 Å². The van der Waals surface area contributed by atoms with Crippen molar-refractivity contribution >= 4 is 0 Å². The molecule has 0 saturated heterocycles. The summed E-state index contributed by atoms with van der Waals surface area (Å²) in [6.45, 7) is 13.7. The average Bonchev–Trinajstić information content (AvgIpc) is 2.81. The Bertz CT molecular complexity index is 620. The number of rotatable bonds is 2. The topological polar surface area (TPSA) is 39.9 Å². The predicted octanol–water partition coefficient (Wildman–Crippen LogP) is 0.655. The zero-order valence-corrected chi connectivity index (χ0v) is 15.1. The molecule has 22 heavy (non-hydrogen) atoms. The van der Waals surface area contributed by atoms with Crippen molar-refractivity contribution < 1.29 is 22.1 Å². The van der Waals surface area contributed by atoms with Crippen LogP contribution in [0.3, 0.4) is 0 Å². The summed E-state index contributed by atoms with van der Waals surface area (Å²) in [6, 6.07) is 4.28. The number of aromatic hydroxyl groups is 1. The molecule has 0 spiro atoms. The van der Waals surface area contributed by atoms with Gasteiger partial charge >= 0.3 is 0 Å². The number of imidazole rings is 1. The van der Waals surface area contributed by atoms with Gasteiger partial charge in [-0.05, 0) is 28.0 Å². The van der Waals surface area contributed by atoms with Gasteiger partial charge in [-0.2, -0.15) is 0 Å². The van der Waals surface area contributed by atoms with E-state index < -0.39 is 0 Å². The van der Waals surface area contributed by atoms with Crippen molar-refractivity contribution in [2.24, 2.45) is 0 Å². The van der Waals surface area contributed by atoms with E-state index in [0.29, 0.717) is 12.3 Å². The van der Waals surface area contributed by atoms with Crippen LogP contribution in [0.25, 0.3) is 0 Å². The number of H-pyrrole nitrogens is 1. The minimum absolute atomic E-state index is 0. The van der Waals surface area contributed by atoms with Gasteiger partial charge in [0.1, 0.15) is 24.7 Å². The Labute approximate surface area is 139 Å². The Kier molecular flexibility index (Phi) is 5.34. The molecule has 2 rings (SSSR count). The molecule has 2 aromatic rings. The van der Waals surface area contributed by atoms with Crippen LogP contribution in [-0.2, 0) is 17.4 Å². The van der Waals surface area contributed by atoms with E-state index in [1.807, 2.05) is 23.3 Å². The molecule has 2 N–H and O–H groups in total. The quantitative estimate of drug-likeness (QED) is 0.783. The second-order valence-corrected chi connectivity index (χ2v) is 7.82. The Balaban J connectivity index is 0.00000242. The highest BCUT2D eigenvalue weighted by Gasteiger charge is 2.25. The van der Waals surface area contributed by atoms with E-state index >= 15 is 0 Å². The molecule has 4 heteroatoms. The van der Waals surface area contributed by atoms with Crippen molar-refractivity contribution in [2.75, 3.05) is 0 Å². The summed E-state index contributed by atoms with van der Waals surface area (Å²) in [4.78, 5) is 3.04. The summed E-state index contributed by atoms with van der Waals surface area (Å²) in [6.07, 6.45) is 5.76. The van der Waals surface area contributed by atoms with Crippen LogP contribution in [0.2, 0.25) is 0 Å². The molecule has 1 aromatic carbocycles. The molecular weight excluding hydrogens is 296 g/mol. The number of phenolic OH excluding ortho intramolecular Hbond substituents is 1. The number of halogens is 1. The number of phenols is 1. The van der Waals surface area contributed by atoms with E-state index in [4.69, 9.17) is 0 Å². The smallest absolute Gasteiger partial charge is 0.241 e. The fraction of sp³-hybridized carbons (Fsp3) is 0.500. The Morgan fingerprint density at radius 1 is 1.05 bits per heavy atom. The van der Waals surface area contributed by atoms with Crippen LogP contribution in [-0.4, -0.2) is 10.1 Å². The maximum Gasteiger partial charge on any atom is 0.241 e. The monoisotopic (exact) mass is 322 g/mol. The SMILES string of the molecule is CC(C)(C)c1cc(C[n+]2cc[nH]c2)c(O)c(C(C)(C)C)c1.[Cl-]. The van der Waals surface area contributed by atoms with E-state index in [1.54, 1.807) is 0 Å². The summed E-state index contributed by atoms with van der Waals surface area (Å²) < 4.78 is 2.04. The standard InChI is InChI=1S/C18H26N2O.ClH/c1-17(2,3)14-9-13(11-20-8-7-19-12-20)16(21)15(10-14)18(4,5)6;/h7-10,12,21H,11H2,1-6H3;1H. The molecule has 1 heterocycles. The molecule has 0 aliphatic carbocycles. The second kappa shape index (κ2) is 6.33. The lowest BCUT2D eigenvalue weighted by atomic mass is 9.79. The minimum Gasteiger partial charge on any atom is -1.00 e. The molecule has 0 fully saturated rings.